The number of piperazine rings is 1. The lowest BCUT2D eigenvalue weighted by molar-refractivity contribution is 0.0751. The Morgan fingerprint density at radius 2 is 2.00 bits per heavy atom. The quantitative estimate of drug-likeness (QED) is 0.747. The summed E-state index contributed by atoms with van der Waals surface area (Å²) in [6.45, 7) is 15.5. The maximum Gasteiger partial charge on any atom is 0.0222 e. The summed E-state index contributed by atoms with van der Waals surface area (Å²) >= 11 is 0. The largest absolute Gasteiger partial charge is 0.310 e. The van der Waals surface area contributed by atoms with Crippen LogP contribution in [0.5, 0.6) is 0 Å². The summed E-state index contributed by atoms with van der Waals surface area (Å²) in [4.78, 5) is 5.16. The van der Waals surface area contributed by atoms with E-state index in [-0.39, 0.29) is 0 Å². The normalized spacial score (nSPS) is 31.3. The maximum absolute atomic E-state index is 3.81. The number of nitrogens with zero attached hydrogens (tertiary/aromatic N) is 2. The lowest BCUT2D eigenvalue weighted by Gasteiger charge is -2.44. The molecule has 0 radical (unpaired) electrons. The van der Waals surface area contributed by atoms with Gasteiger partial charge >= 0.3 is 0 Å². The van der Waals surface area contributed by atoms with Crippen molar-refractivity contribution < 1.29 is 0 Å². The second-order valence-corrected chi connectivity index (χ2v) is 6.08. The third kappa shape index (κ3) is 3.54. The Balaban J connectivity index is 1.76. The van der Waals surface area contributed by atoms with E-state index in [1.165, 1.54) is 39.0 Å². The summed E-state index contributed by atoms with van der Waals surface area (Å²) < 4.78 is 0. The minimum Gasteiger partial charge on any atom is -0.310 e. The molecule has 2 aliphatic heterocycles. The maximum atomic E-state index is 3.81. The van der Waals surface area contributed by atoms with Gasteiger partial charge in [0.1, 0.15) is 0 Å². The van der Waals surface area contributed by atoms with Crippen LogP contribution in [0.15, 0.2) is 12.7 Å². The Hall–Kier alpha value is -0.380. The van der Waals surface area contributed by atoms with Gasteiger partial charge in [-0.2, -0.15) is 0 Å². The molecule has 0 saturated carbocycles. The van der Waals surface area contributed by atoms with Crippen LogP contribution in [-0.2, 0) is 0 Å². The van der Waals surface area contributed by atoms with Gasteiger partial charge in [-0.1, -0.05) is 6.08 Å². The van der Waals surface area contributed by atoms with E-state index in [2.05, 4.69) is 35.5 Å². The van der Waals surface area contributed by atoms with E-state index in [1.807, 2.05) is 6.08 Å². The SMILES string of the molecule is C=CCN1CCN(C2CCC(C)(C)NC2)CC1. The fourth-order valence-electron chi connectivity index (χ4n) is 2.92. The Labute approximate surface area is 106 Å². The highest BCUT2D eigenvalue weighted by Gasteiger charge is 2.30. The predicted molar refractivity (Wildman–Crippen MR) is 73.3 cm³/mol. The van der Waals surface area contributed by atoms with Gasteiger partial charge < -0.3 is 5.32 Å². The van der Waals surface area contributed by atoms with Gasteiger partial charge in [0.25, 0.3) is 0 Å². The third-order valence-electron chi connectivity index (χ3n) is 4.23. The molecule has 98 valence electrons. The Morgan fingerprint density at radius 1 is 1.29 bits per heavy atom. The first-order valence-electron chi connectivity index (χ1n) is 6.93. The van der Waals surface area contributed by atoms with Gasteiger partial charge in [-0.15, -0.1) is 6.58 Å². The zero-order chi connectivity index (χ0) is 12.3. The molecule has 2 fully saturated rings. The summed E-state index contributed by atoms with van der Waals surface area (Å²) in [6, 6.07) is 0.758. The Bertz CT molecular complexity index is 244. The first kappa shape index (κ1) is 13.1. The van der Waals surface area contributed by atoms with Crippen molar-refractivity contribution in [2.45, 2.75) is 38.3 Å². The monoisotopic (exact) mass is 237 g/mol. The van der Waals surface area contributed by atoms with Gasteiger partial charge in [-0.3, -0.25) is 9.80 Å². The van der Waals surface area contributed by atoms with Crippen molar-refractivity contribution >= 4 is 0 Å². The van der Waals surface area contributed by atoms with Gasteiger partial charge in [0.15, 0.2) is 0 Å². The van der Waals surface area contributed by atoms with Crippen molar-refractivity contribution in [3.8, 4) is 0 Å². The minimum absolute atomic E-state index is 0.348. The molecule has 0 aromatic rings. The molecule has 3 nitrogen and oxygen atoms in total. The van der Waals surface area contributed by atoms with E-state index < -0.39 is 0 Å². The molecule has 3 heteroatoms. The van der Waals surface area contributed by atoms with Crippen molar-refractivity contribution in [1.82, 2.24) is 15.1 Å². The molecule has 2 rings (SSSR count). The van der Waals surface area contributed by atoms with Crippen molar-refractivity contribution in [3.63, 3.8) is 0 Å². The summed E-state index contributed by atoms with van der Waals surface area (Å²) in [5, 5.41) is 3.67. The van der Waals surface area contributed by atoms with Crippen molar-refractivity contribution in [2.24, 2.45) is 0 Å². The first-order chi connectivity index (χ1) is 8.11. The fraction of sp³-hybridized carbons (Fsp3) is 0.857. The highest BCUT2D eigenvalue weighted by molar-refractivity contribution is 4.91. The van der Waals surface area contributed by atoms with E-state index in [0.717, 1.165) is 19.1 Å². The van der Waals surface area contributed by atoms with Crippen LogP contribution in [0.25, 0.3) is 0 Å². The minimum atomic E-state index is 0.348. The van der Waals surface area contributed by atoms with Crippen LogP contribution < -0.4 is 5.32 Å². The van der Waals surface area contributed by atoms with Gasteiger partial charge in [0, 0.05) is 50.8 Å². The van der Waals surface area contributed by atoms with Crippen molar-refractivity contribution in [1.29, 1.82) is 0 Å². The molecule has 0 spiro atoms. The van der Waals surface area contributed by atoms with Crippen LogP contribution in [0.4, 0.5) is 0 Å². The van der Waals surface area contributed by atoms with E-state index >= 15 is 0 Å². The predicted octanol–water partition coefficient (Wildman–Crippen LogP) is 1.32. The number of nitrogens with one attached hydrogen (secondary N) is 1. The molecule has 2 aliphatic rings. The molecule has 17 heavy (non-hydrogen) atoms. The smallest absolute Gasteiger partial charge is 0.0222 e. The third-order valence-corrected chi connectivity index (χ3v) is 4.23. The number of rotatable bonds is 3. The molecular weight excluding hydrogens is 210 g/mol. The van der Waals surface area contributed by atoms with Crippen molar-refractivity contribution in [2.75, 3.05) is 39.3 Å². The number of hydrogen-bond donors (Lipinski definition) is 1. The lowest BCUT2D eigenvalue weighted by atomic mass is 9.90. The number of hydrogen-bond acceptors (Lipinski definition) is 3. The zero-order valence-corrected chi connectivity index (χ0v) is 11.4. The van der Waals surface area contributed by atoms with E-state index in [0.29, 0.717) is 5.54 Å². The van der Waals surface area contributed by atoms with Crippen LogP contribution in [-0.4, -0.2) is 60.6 Å². The average molecular weight is 237 g/mol. The van der Waals surface area contributed by atoms with Crippen LogP contribution in [0.3, 0.4) is 0 Å². The fourth-order valence-corrected chi connectivity index (χ4v) is 2.92. The topological polar surface area (TPSA) is 18.5 Å². The summed E-state index contributed by atoms with van der Waals surface area (Å²) in [5.41, 5.74) is 0.348. The molecule has 2 saturated heterocycles. The Morgan fingerprint density at radius 3 is 2.53 bits per heavy atom. The molecule has 0 aromatic heterocycles. The second kappa shape index (κ2) is 5.51. The molecule has 2 heterocycles. The van der Waals surface area contributed by atoms with Crippen LogP contribution in [0.1, 0.15) is 26.7 Å². The summed E-state index contributed by atoms with van der Waals surface area (Å²) in [7, 11) is 0. The molecule has 1 unspecified atom stereocenters. The molecule has 1 atom stereocenters. The van der Waals surface area contributed by atoms with Crippen molar-refractivity contribution in [3.05, 3.63) is 12.7 Å². The zero-order valence-electron chi connectivity index (χ0n) is 11.4. The van der Waals surface area contributed by atoms with Crippen LogP contribution in [0, 0.1) is 0 Å². The molecule has 0 bridgehead atoms. The van der Waals surface area contributed by atoms with Gasteiger partial charge in [-0.05, 0) is 26.7 Å². The summed E-state index contributed by atoms with van der Waals surface area (Å²) in [5.74, 6) is 0. The molecule has 0 aromatic carbocycles. The average Bonchev–Trinajstić information content (AvgIpc) is 2.31. The highest BCUT2D eigenvalue weighted by Crippen LogP contribution is 2.22. The standard InChI is InChI=1S/C14H27N3/c1-4-7-16-8-10-17(11-9-16)13-5-6-14(2,3)15-12-13/h4,13,15H,1,5-12H2,2-3H3. The summed E-state index contributed by atoms with van der Waals surface area (Å²) in [6.07, 6.45) is 4.66. The Kier molecular flexibility index (Phi) is 4.23. The molecular formula is C14H27N3. The van der Waals surface area contributed by atoms with Gasteiger partial charge in [-0.25, -0.2) is 0 Å². The molecule has 0 aliphatic carbocycles. The highest BCUT2D eigenvalue weighted by atomic mass is 15.3. The van der Waals surface area contributed by atoms with Crippen LogP contribution in [0.2, 0.25) is 0 Å². The number of piperidine rings is 1. The lowest BCUT2D eigenvalue weighted by Crippen LogP contribution is -2.58. The first-order valence-corrected chi connectivity index (χ1v) is 6.93. The molecule has 0 amide bonds. The molecule has 1 N–H and O–H groups in total. The van der Waals surface area contributed by atoms with Gasteiger partial charge in [0.05, 0.1) is 0 Å². The second-order valence-electron chi connectivity index (χ2n) is 6.08. The van der Waals surface area contributed by atoms with E-state index in [9.17, 15) is 0 Å². The van der Waals surface area contributed by atoms with E-state index in [1.54, 1.807) is 0 Å². The van der Waals surface area contributed by atoms with Crippen LogP contribution >= 0.6 is 0 Å². The van der Waals surface area contributed by atoms with Gasteiger partial charge in [0.2, 0.25) is 0 Å². The van der Waals surface area contributed by atoms with E-state index in [4.69, 9.17) is 0 Å².